The molecule has 3 rings (SSSR count). The van der Waals surface area contributed by atoms with Gasteiger partial charge in [0.05, 0.1) is 5.69 Å². The minimum Gasteiger partial charge on any atom is -0.360 e. The minimum atomic E-state index is -0.711. The predicted molar refractivity (Wildman–Crippen MR) is 114 cm³/mol. The van der Waals surface area contributed by atoms with Gasteiger partial charge in [-0.25, -0.2) is 0 Å². The molecule has 0 spiro atoms. The molecule has 0 radical (unpaired) electrons. The third-order valence-corrected chi connectivity index (χ3v) is 5.29. The van der Waals surface area contributed by atoms with Gasteiger partial charge in [-0.15, -0.1) is 11.8 Å². The van der Waals surface area contributed by atoms with Crippen LogP contribution in [0.25, 0.3) is 0 Å². The average molecular weight is 410 g/mol. The van der Waals surface area contributed by atoms with Crippen molar-refractivity contribution < 1.29 is 14.1 Å². The molecule has 0 bridgehead atoms. The molecule has 0 unspecified atom stereocenters. The Balaban J connectivity index is 1.63. The Morgan fingerprint density at radius 2 is 1.83 bits per heavy atom. The van der Waals surface area contributed by atoms with E-state index in [9.17, 15) is 9.59 Å². The molecule has 0 aliphatic heterocycles. The van der Waals surface area contributed by atoms with Gasteiger partial charge < -0.3 is 14.7 Å². The maximum absolute atomic E-state index is 12.8. The second-order valence-corrected chi connectivity index (χ2v) is 7.45. The summed E-state index contributed by atoms with van der Waals surface area (Å²) in [6, 6.07) is 18.3. The second kappa shape index (κ2) is 9.43. The van der Waals surface area contributed by atoms with Crippen molar-refractivity contribution in [2.45, 2.75) is 24.3 Å². The molecule has 7 heteroatoms. The van der Waals surface area contributed by atoms with Crippen LogP contribution in [0.5, 0.6) is 0 Å². The Morgan fingerprint density at radius 3 is 2.55 bits per heavy atom. The number of likely N-dealkylation sites (N-methyl/N-ethyl adjacent to an activating group) is 1. The molecule has 2 amide bonds. The first-order valence-corrected chi connectivity index (χ1v) is 10.4. The van der Waals surface area contributed by atoms with Gasteiger partial charge in [0.15, 0.2) is 5.69 Å². The van der Waals surface area contributed by atoms with E-state index in [-0.39, 0.29) is 11.6 Å². The summed E-state index contributed by atoms with van der Waals surface area (Å²) in [5, 5.41) is 6.54. The van der Waals surface area contributed by atoms with Crippen molar-refractivity contribution in [3.8, 4) is 0 Å². The fourth-order valence-corrected chi connectivity index (χ4v) is 3.58. The van der Waals surface area contributed by atoms with Crippen molar-refractivity contribution in [2.75, 3.05) is 18.2 Å². The number of aromatic nitrogens is 1. The van der Waals surface area contributed by atoms with E-state index in [0.29, 0.717) is 12.2 Å². The summed E-state index contributed by atoms with van der Waals surface area (Å²) in [5.41, 5.74) is 2.02. The molecule has 0 aliphatic carbocycles. The van der Waals surface area contributed by atoms with Gasteiger partial charge in [-0.2, -0.15) is 0 Å². The van der Waals surface area contributed by atoms with Crippen LogP contribution in [-0.4, -0.2) is 36.3 Å². The van der Waals surface area contributed by atoms with Crippen molar-refractivity contribution in [1.29, 1.82) is 0 Å². The summed E-state index contributed by atoms with van der Waals surface area (Å²) in [5.74, 6) is -0.0698. The van der Waals surface area contributed by atoms with Crippen LogP contribution in [0.4, 0.5) is 5.69 Å². The Hall–Kier alpha value is -3.06. The fourth-order valence-electron chi connectivity index (χ4n) is 2.95. The van der Waals surface area contributed by atoms with Gasteiger partial charge in [-0.05, 0) is 30.9 Å². The van der Waals surface area contributed by atoms with Gasteiger partial charge >= 0.3 is 0 Å². The Morgan fingerprint density at radius 1 is 1.14 bits per heavy atom. The summed E-state index contributed by atoms with van der Waals surface area (Å²) < 4.78 is 5.27. The molecule has 150 valence electrons. The van der Waals surface area contributed by atoms with E-state index in [4.69, 9.17) is 4.52 Å². The fraction of sp³-hybridized carbons (Fsp3) is 0.227. The number of benzene rings is 2. The lowest BCUT2D eigenvalue weighted by molar-refractivity contribution is -0.119. The highest BCUT2D eigenvalue weighted by molar-refractivity contribution is 7.98. The first-order valence-electron chi connectivity index (χ1n) is 9.20. The summed E-state index contributed by atoms with van der Waals surface area (Å²) in [6.45, 7) is 1.66. The lowest BCUT2D eigenvalue weighted by atomic mass is 10.1. The van der Waals surface area contributed by atoms with Crippen LogP contribution < -0.4 is 10.2 Å². The molecule has 6 nitrogen and oxygen atoms in total. The van der Waals surface area contributed by atoms with Crippen LogP contribution in [-0.2, 0) is 11.2 Å². The predicted octanol–water partition coefficient (Wildman–Crippen LogP) is 3.77. The molecule has 3 aromatic rings. The van der Waals surface area contributed by atoms with E-state index < -0.39 is 11.9 Å². The lowest BCUT2D eigenvalue weighted by Crippen LogP contribution is -2.45. The van der Waals surface area contributed by atoms with E-state index in [1.807, 2.05) is 60.9 Å². The van der Waals surface area contributed by atoms with Crippen LogP contribution in [0, 0.1) is 0 Å². The molecular formula is C22H23N3O3S. The topological polar surface area (TPSA) is 75.4 Å². The van der Waals surface area contributed by atoms with Gasteiger partial charge in [-0.3, -0.25) is 9.59 Å². The average Bonchev–Trinajstić information content (AvgIpc) is 3.22. The molecule has 0 aliphatic rings. The molecule has 1 atom stereocenters. The molecule has 1 heterocycles. The number of nitrogens with zero attached hydrogens (tertiary/aromatic N) is 2. The quantitative estimate of drug-likeness (QED) is 0.601. The zero-order chi connectivity index (χ0) is 20.8. The molecule has 0 saturated carbocycles. The van der Waals surface area contributed by atoms with E-state index >= 15 is 0 Å². The number of hydrogen-bond acceptors (Lipinski definition) is 5. The molecule has 0 fully saturated rings. The van der Waals surface area contributed by atoms with Crippen molar-refractivity contribution in [3.05, 3.63) is 77.7 Å². The number of para-hydroxylation sites is 1. The number of thioether (sulfide) groups is 1. The Bertz CT molecular complexity index is 988. The van der Waals surface area contributed by atoms with E-state index in [2.05, 4.69) is 10.5 Å². The molecule has 29 heavy (non-hydrogen) atoms. The molecule has 1 N–H and O–H groups in total. The van der Waals surface area contributed by atoms with E-state index in [0.717, 1.165) is 16.1 Å². The number of nitrogens with one attached hydrogen (secondary N) is 1. The normalized spacial score (nSPS) is 11.7. The third kappa shape index (κ3) is 5.06. The van der Waals surface area contributed by atoms with Gasteiger partial charge in [0.1, 0.15) is 11.8 Å². The van der Waals surface area contributed by atoms with Crippen LogP contribution >= 0.6 is 11.8 Å². The highest BCUT2D eigenvalue weighted by Crippen LogP contribution is 2.27. The first-order chi connectivity index (χ1) is 14.0. The summed E-state index contributed by atoms with van der Waals surface area (Å²) in [7, 11) is 1.70. The first kappa shape index (κ1) is 20.7. The molecule has 1 aromatic heterocycles. The van der Waals surface area contributed by atoms with E-state index in [1.165, 1.54) is 0 Å². The standard InChI is InChI=1S/C22H23N3O3S/c1-15(22(27)25(2)19-11-7-8-12-20(19)29-3)23-21(26)18-14-17(28-24-18)13-16-9-5-4-6-10-16/h4-12,14-15H,13H2,1-3H3,(H,23,26)/t15-/m0/s1. The molecule has 2 aromatic carbocycles. The monoisotopic (exact) mass is 409 g/mol. The van der Waals surface area contributed by atoms with Crippen molar-refractivity contribution in [1.82, 2.24) is 10.5 Å². The largest absolute Gasteiger partial charge is 0.360 e. The number of carbonyl (C=O) groups is 2. The van der Waals surface area contributed by atoms with Crippen LogP contribution in [0.2, 0.25) is 0 Å². The SMILES string of the molecule is CSc1ccccc1N(C)C(=O)[C@H](C)NC(=O)c1cc(Cc2ccccc2)on1. The number of amides is 2. The van der Waals surface area contributed by atoms with Crippen LogP contribution in [0.15, 0.2) is 70.1 Å². The zero-order valence-corrected chi connectivity index (χ0v) is 17.4. The van der Waals surface area contributed by atoms with Crippen molar-refractivity contribution in [3.63, 3.8) is 0 Å². The van der Waals surface area contributed by atoms with Crippen LogP contribution in [0.1, 0.15) is 28.7 Å². The van der Waals surface area contributed by atoms with Crippen molar-refractivity contribution in [2.24, 2.45) is 0 Å². The number of rotatable bonds is 7. The summed E-state index contributed by atoms with van der Waals surface area (Å²) >= 11 is 1.56. The zero-order valence-electron chi connectivity index (χ0n) is 16.6. The third-order valence-electron chi connectivity index (χ3n) is 4.51. The number of hydrogen-bond donors (Lipinski definition) is 1. The lowest BCUT2D eigenvalue weighted by Gasteiger charge is -2.23. The molecule has 0 saturated heterocycles. The smallest absolute Gasteiger partial charge is 0.274 e. The second-order valence-electron chi connectivity index (χ2n) is 6.61. The highest BCUT2D eigenvalue weighted by atomic mass is 32.2. The maximum Gasteiger partial charge on any atom is 0.274 e. The number of carbonyl (C=O) groups excluding carboxylic acids is 2. The molecular weight excluding hydrogens is 386 g/mol. The highest BCUT2D eigenvalue weighted by Gasteiger charge is 2.23. The van der Waals surface area contributed by atoms with Crippen LogP contribution in [0.3, 0.4) is 0 Å². The van der Waals surface area contributed by atoms with Gasteiger partial charge in [0, 0.05) is 24.4 Å². The van der Waals surface area contributed by atoms with Gasteiger partial charge in [0.25, 0.3) is 5.91 Å². The van der Waals surface area contributed by atoms with Crippen molar-refractivity contribution >= 4 is 29.3 Å². The maximum atomic E-state index is 12.8. The van der Waals surface area contributed by atoms with Gasteiger partial charge in [-0.1, -0.05) is 47.6 Å². The van der Waals surface area contributed by atoms with Gasteiger partial charge in [0.2, 0.25) is 5.91 Å². The Labute approximate surface area is 174 Å². The summed E-state index contributed by atoms with van der Waals surface area (Å²) in [4.78, 5) is 27.8. The van der Waals surface area contributed by atoms with E-state index in [1.54, 1.807) is 36.7 Å². The minimum absolute atomic E-state index is 0.155. The number of anilines is 1. The summed E-state index contributed by atoms with van der Waals surface area (Å²) in [6.07, 6.45) is 2.50. The Kier molecular flexibility index (Phi) is 6.72.